The third-order valence-electron chi connectivity index (χ3n) is 2.20. The largest absolute Gasteiger partial charge is 0.345 e. The van der Waals surface area contributed by atoms with Crippen LogP contribution in [0, 0.1) is 12.8 Å². The van der Waals surface area contributed by atoms with Gasteiger partial charge in [-0.15, -0.1) is 0 Å². The normalized spacial score (nSPS) is 16.8. The molecule has 0 atom stereocenters. The second-order valence-corrected chi connectivity index (χ2v) is 3.57. The Labute approximate surface area is 72.6 Å². The van der Waals surface area contributed by atoms with Gasteiger partial charge in [-0.2, -0.15) is 0 Å². The van der Waals surface area contributed by atoms with E-state index in [-0.39, 0.29) is 0 Å². The van der Waals surface area contributed by atoms with E-state index >= 15 is 0 Å². The number of nitrogens with one attached hydrogen (secondary N) is 2. The number of nitrogens with zero attached hydrogens (tertiary/aromatic N) is 1. The Morgan fingerprint density at radius 2 is 2.50 bits per heavy atom. The van der Waals surface area contributed by atoms with Crippen LogP contribution in [0.15, 0.2) is 6.20 Å². The summed E-state index contributed by atoms with van der Waals surface area (Å²) in [5.41, 5.74) is 1.19. The fraction of sp³-hybridized carbons (Fsp3) is 0.667. The number of H-pyrrole nitrogens is 1. The first-order chi connectivity index (χ1) is 5.84. The summed E-state index contributed by atoms with van der Waals surface area (Å²) in [5, 5.41) is 3.41. The van der Waals surface area contributed by atoms with Crippen LogP contribution in [-0.2, 0) is 6.54 Å². The van der Waals surface area contributed by atoms with E-state index in [1.807, 2.05) is 13.1 Å². The highest BCUT2D eigenvalue weighted by atomic mass is 15.0. The topological polar surface area (TPSA) is 40.7 Å². The van der Waals surface area contributed by atoms with Gasteiger partial charge >= 0.3 is 0 Å². The van der Waals surface area contributed by atoms with Crippen molar-refractivity contribution < 1.29 is 0 Å². The Morgan fingerprint density at radius 3 is 3.08 bits per heavy atom. The minimum Gasteiger partial charge on any atom is -0.345 e. The lowest BCUT2D eigenvalue weighted by Gasteiger charge is -1.99. The minimum atomic E-state index is 0.928. The van der Waals surface area contributed by atoms with E-state index in [9.17, 15) is 0 Å². The van der Waals surface area contributed by atoms with Gasteiger partial charge in [0.25, 0.3) is 0 Å². The molecule has 12 heavy (non-hydrogen) atoms. The van der Waals surface area contributed by atoms with Crippen molar-refractivity contribution in [3.8, 4) is 0 Å². The van der Waals surface area contributed by atoms with E-state index in [1.54, 1.807) is 0 Å². The van der Waals surface area contributed by atoms with E-state index in [0.717, 1.165) is 24.8 Å². The maximum atomic E-state index is 4.13. The Morgan fingerprint density at radius 1 is 1.67 bits per heavy atom. The van der Waals surface area contributed by atoms with Crippen LogP contribution in [0.4, 0.5) is 0 Å². The molecule has 0 bridgehead atoms. The second kappa shape index (κ2) is 3.27. The van der Waals surface area contributed by atoms with Crippen molar-refractivity contribution in [3.63, 3.8) is 0 Å². The maximum absolute atomic E-state index is 4.13. The molecule has 0 saturated heterocycles. The first-order valence-electron chi connectivity index (χ1n) is 4.56. The summed E-state index contributed by atoms with van der Waals surface area (Å²) < 4.78 is 0. The van der Waals surface area contributed by atoms with Crippen LogP contribution in [0.2, 0.25) is 0 Å². The zero-order valence-corrected chi connectivity index (χ0v) is 7.43. The summed E-state index contributed by atoms with van der Waals surface area (Å²) in [6.45, 7) is 4.07. The van der Waals surface area contributed by atoms with Gasteiger partial charge in [-0.25, -0.2) is 4.98 Å². The monoisotopic (exact) mass is 165 g/mol. The predicted octanol–water partition coefficient (Wildman–Crippen LogP) is 1.22. The zero-order chi connectivity index (χ0) is 8.39. The van der Waals surface area contributed by atoms with Gasteiger partial charge < -0.3 is 10.3 Å². The molecule has 0 unspecified atom stereocenters. The van der Waals surface area contributed by atoms with Gasteiger partial charge in [0.05, 0.1) is 0 Å². The molecule has 2 rings (SSSR count). The average Bonchev–Trinajstić information content (AvgIpc) is 2.76. The molecular formula is C9H15N3. The SMILES string of the molecule is Cc1ncc(CNCC2CC2)[nH]1. The Balaban J connectivity index is 1.71. The molecule has 1 aliphatic rings. The molecule has 1 aromatic rings. The van der Waals surface area contributed by atoms with Crippen molar-refractivity contribution in [3.05, 3.63) is 17.7 Å². The smallest absolute Gasteiger partial charge is 0.103 e. The Kier molecular flexibility index (Phi) is 2.13. The summed E-state index contributed by atoms with van der Waals surface area (Å²) in [7, 11) is 0. The standard InChI is InChI=1S/C9H15N3/c1-7-11-6-9(12-7)5-10-4-8-2-3-8/h6,8,10H,2-5H2,1H3,(H,11,12). The highest BCUT2D eigenvalue weighted by molar-refractivity contribution is 4.99. The second-order valence-electron chi connectivity index (χ2n) is 3.57. The van der Waals surface area contributed by atoms with Gasteiger partial charge in [-0.3, -0.25) is 0 Å². The first kappa shape index (κ1) is 7.80. The van der Waals surface area contributed by atoms with Crippen LogP contribution in [0.3, 0.4) is 0 Å². The molecule has 1 fully saturated rings. The molecule has 3 heteroatoms. The number of aromatic amines is 1. The summed E-state index contributed by atoms with van der Waals surface area (Å²) in [5.74, 6) is 1.95. The molecule has 0 amide bonds. The van der Waals surface area contributed by atoms with E-state index in [0.29, 0.717) is 0 Å². The number of rotatable bonds is 4. The molecule has 2 N–H and O–H groups in total. The molecule has 0 radical (unpaired) electrons. The molecular weight excluding hydrogens is 150 g/mol. The Bertz CT molecular complexity index is 250. The first-order valence-corrected chi connectivity index (χ1v) is 4.56. The van der Waals surface area contributed by atoms with E-state index in [1.165, 1.54) is 18.5 Å². The summed E-state index contributed by atoms with van der Waals surface area (Å²) in [6.07, 6.45) is 4.72. The van der Waals surface area contributed by atoms with Gasteiger partial charge in [0.15, 0.2) is 0 Å². The third kappa shape index (κ3) is 2.08. The summed E-state index contributed by atoms with van der Waals surface area (Å²) in [4.78, 5) is 7.33. The molecule has 1 heterocycles. The summed E-state index contributed by atoms with van der Waals surface area (Å²) >= 11 is 0. The fourth-order valence-electron chi connectivity index (χ4n) is 1.29. The predicted molar refractivity (Wildman–Crippen MR) is 47.8 cm³/mol. The molecule has 0 aromatic carbocycles. The van der Waals surface area contributed by atoms with Crippen LogP contribution in [-0.4, -0.2) is 16.5 Å². The number of aryl methyl sites for hydroxylation is 1. The zero-order valence-electron chi connectivity index (χ0n) is 7.43. The Hall–Kier alpha value is -0.830. The molecule has 1 aromatic heterocycles. The van der Waals surface area contributed by atoms with Crippen LogP contribution in [0.25, 0.3) is 0 Å². The molecule has 3 nitrogen and oxygen atoms in total. The lowest BCUT2D eigenvalue weighted by molar-refractivity contribution is 0.631. The van der Waals surface area contributed by atoms with Crippen molar-refractivity contribution in [2.75, 3.05) is 6.54 Å². The highest BCUT2D eigenvalue weighted by Gasteiger charge is 2.20. The number of aromatic nitrogens is 2. The molecule has 1 saturated carbocycles. The quantitative estimate of drug-likeness (QED) is 0.704. The van der Waals surface area contributed by atoms with E-state index in [4.69, 9.17) is 0 Å². The fourth-order valence-corrected chi connectivity index (χ4v) is 1.29. The third-order valence-corrected chi connectivity index (χ3v) is 2.20. The van der Waals surface area contributed by atoms with Crippen LogP contribution in [0.1, 0.15) is 24.4 Å². The van der Waals surface area contributed by atoms with Gasteiger partial charge in [-0.05, 0) is 32.2 Å². The number of imidazole rings is 1. The van der Waals surface area contributed by atoms with Gasteiger partial charge in [0.2, 0.25) is 0 Å². The van der Waals surface area contributed by atoms with Crippen molar-refractivity contribution in [2.24, 2.45) is 5.92 Å². The van der Waals surface area contributed by atoms with Gasteiger partial charge in [0.1, 0.15) is 5.82 Å². The van der Waals surface area contributed by atoms with Crippen molar-refractivity contribution in [1.82, 2.24) is 15.3 Å². The molecule has 0 aliphatic heterocycles. The van der Waals surface area contributed by atoms with Crippen molar-refractivity contribution in [2.45, 2.75) is 26.3 Å². The van der Waals surface area contributed by atoms with Gasteiger partial charge in [-0.1, -0.05) is 0 Å². The van der Waals surface area contributed by atoms with Crippen LogP contribution >= 0.6 is 0 Å². The van der Waals surface area contributed by atoms with Gasteiger partial charge in [0, 0.05) is 18.4 Å². The molecule has 66 valence electrons. The van der Waals surface area contributed by atoms with Crippen molar-refractivity contribution in [1.29, 1.82) is 0 Å². The number of hydrogen-bond donors (Lipinski definition) is 2. The van der Waals surface area contributed by atoms with Crippen LogP contribution in [0.5, 0.6) is 0 Å². The summed E-state index contributed by atoms with van der Waals surface area (Å²) in [6, 6.07) is 0. The van der Waals surface area contributed by atoms with Crippen LogP contribution < -0.4 is 5.32 Å². The molecule has 0 spiro atoms. The lowest BCUT2D eigenvalue weighted by atomic mass is 10.4. The lowest BCUT2D eigenvalue weighted by Crippen LogP contribution is -2.16. The van der Waals surface area contributed by atoms with E-state index in [2.05, 4.69) is 15.3 Å². The average molecular weight is 165 g/mol. The maximum Gasteiger partial charge on any atom is 0.103 e. The number of hydrogen-bond acceptors (Lipinski definition) is 2. The van der Waals surface area contributed by atoms with E-state index < -0.39 is 0 Å². The minimum absolute atomic E-state index is 0.928. The highest BCUT2D eigenvalue weighted by Crippen LogP contribution is 2.27. The van der Waals surface area contributed by atoms with Crippen molar-refractivity contribution >= 4 is 0 Å². The molecule has 1 aliphatic carbocycles.